The number of pyridine rings is 1. The molecule has 164 valence electrons. The Morgan fingerprint density at radius 3 is 2.69 bits per heavy atom. The van der Waals surface area contributed by atoms with Crippen molar-refractivity contribution in [3.63, 3.8) is 0 Å². The lowest BCUT2D eigenvalue weighted by atomic mass is 9.75. The van der Waals surface area contributed by atoms with Gasteiger partial charge in [-0.15, -0.1) is 0 Å². The highest BCUT2D eigenvalue weighted by atomic mass is 16.5. The molecule has 0 saturated carbocycles. The first-order chi connectivity index (χ1) is 15.5. The molecular weight excluding hydrogens is 408 g/mol. The second-order valence-electron chi connectivity index (χ2n) is 7.29. The van der Waals surface area contributed by atoms with Crippen molar-refractivity contribution in [1.82, 2.24) is 4.98 Å². The maximum atomic E-state index is 13.2. The molecule has 2 heterocycles. The molecule has 0 spiro atoms. The monoisotopic (exact) mass is 432 g/mol. The van der Waals surface area contributed by atoms with Gasteiger partial charge in [0.25, 0.3) is 0 Å². The number of aryl methyl sites for hydroxylation is 1. The number of fused-ring (bicyclic) bond motifs is 1. The van der Waals surface area contributed by atoms with Crippen LogP contribution in [0.2, 0.25) is 0 Å². The molecule has 2 aromatic rings. The Balaban J connectivity index is 2.27. The van der Waals surface area contributed by atoms with Crippen molar-refractivity contribution in [2.45, 2.75) is 33.1 Å². The molecule has 0 amide bonds. The molecule has 8 nitrogen and oxygen atoms in total. The fraction of sp³-hybridized carbons (Fsp3) is 0.375. The number of ether oxygens (including phenoxy) is 3. The maximum absolute atomic E-state index is 13.2. The first kappa shape index (κ1) is 22.8. The zero-order chi connectivity index (χ0) is 23.3. The van der Waals surface area contributed by atoms with Gasteiger partial charge in [-0.3, -0.25) is 9.79 Å². The van der Waals surface area contributed by atoms with Crippen molar-refractivity contribution in [3.05, 3.63) is 46.6 Å². The molecule has 0 saturated heterocycles. The number of hydrogen-bond donors (Lipinski definition) is 0. The molecule has 0 fully saturated rings. The highest BCUT2D eigenvalue weighted by molar-refractivity contribution is 6.05. The van der Waals surface area contributed by atoms with Gasteiger partial charge in [-0.25, -0.2) is 4.98 Å². The minimum absolute atomic E-state index is 0.00637. The molecule has 1 aromatic heterocycles. The van der Waals surface area contributed by atoms with Crippen LogP contribution in [0.4, 0.5) is 5.69 Å². The molecule has 1 aliphatic heterocycles. The Kier molecular flexibility index (Phi) is 7.07. The summed E-state index contributed by atoms with van der Waals surface area (Å²) in [5.41, 5.74) is 3.91. The number of benzene rings is 1. The van der Waals surface area contributed by atoms with Gasteiger partial charge in [0, 0.05) is 29.0 Å². The van der Waals surface area contributed by atoms with Gasteiger partial charge in [0.2, 0.25) is 5.88 Å². The third kappa shape index (κ3) is 4.26. The van der Waals surface area contributed by atoms with Gasteiger partial charge in [-0.05, 0) is 38.5 Å². The van der Waals surface area contributed by atoms with Crippen molar-refractivity contribution in [2.24, 2.45) is 10.9 Å². The topological polar surface area (TPSA) is 118 Å². The summed E-state index contributed by atoms with van der Waals surface area (Å²) in [6.45, 7) is 5.92. The van der Waals surface area contributed by atoms with Gasteiger partial charge < -0.3 is 14.2 Å². The standard InChI is InChI=1S/C24H24N4O4/c1-5-31-23-21-20(17-8-7-16(12-26)11-18(17)30-4)19(24(29)32-10-6-9-25)15(3)28-22(21)14(2)13-27-23/h7-8,11,13,19-20H,5-6,10H2,1-4H3. The third-order valence-electron chi connectivity index (χ3n) is 5.31. The zero-order valence-corrected chi connectivity index (χ0v) is 18.5. The molecular formula is C24H24N4O4. The van der Waals surface area contributed by atoms with Crippen molar-refractivity contribution < 1.29 is 19.0 Å². The number of carbonyl (C=O) groups excluding carboxylic acids is 1. The van der Waals surface area contributed by atoms with Crippen LogP contribution >= 0.6 is 0 Å². The summed E-state index contributed by atoms with van der Waals surface area (Å²) >= 11 is 0. The minimum atomic E-state index is -0.772. The second-order valence-corrected chi connectivity index (χ2v) is 7.29. The van der Waals surface area contributed by atoms with Gasteiger partial charge in [0.05, 0.1) is 43.5 Å². The predicted molar refractivity (Wildman–Crippen MR) is 117 cm³/mol. The van der Waals surface area contributed by atoms with E-state index in [2.05, 4.69) is 11.1 Å². The zero-order valence-electron chi connectivity index (χ0n) is 18.5. The molecule has 1 aromatic carbocycles. The number of aromatic nitrogens is 1. The molecule has 2 unspecified atom stereocenters. The molecule has 8 heteroatoms. The fourth-order valence-electron chi connectivity index (χ4n) is 3.90. The van der Waals surface area contributed by atoms with E-state index in [-0.39, 0.29) is 13.0 Å². The fourth-order valence-corrected chi connectivity index (χ4v) is 3.90. The Bertz CT molecular complexity index is 1140. The number of rotatable bonds is 7. The number of aliphatic imine (C=N–C) groups is 1. The van der Waals surface area contributed by atoms with Crippen LogP contribution in [0, 0.1) is 35.5 Å². The summed E-state index contributed by atoms with van der Waals surface area (Å²) in [6, 6.07) is 9.17. The van der Waals surface area contributed by atoms with Gasteiger partial charge >= 0.3 is 5.97 Å². The van der Waals surface area contributed by atoms with Crippen molar-refractivity contribution in [1.29, 1.82) is 10.5 Å². The van der Waals surface area contributed by atoms with E-state index in [9.17, 15) is 10.1 Å². The molecule has 3 rings (SSSR count). The molecule has 0 bridgehead atoms. The second kappa shape index (κ2) is 9.93. The van der Waals surface area contributed by atoms with E-state index in [1.165, 1.54) is 7.11 Å². The van der Waals surface area contributed by atoms with Crippen molar-refractivity contribution >= 4 is 17.4 Å². The van der Waals surface area contributed by atoms with Crippen LogP contribution in [0.15, 0.2) is 29.4 Å². The summed E-state index contributed by atoms with van der Waals surface area (Å²) < 4.78 is 16.8. The van der Waals surface area contributed by atoms with Gasteiger partial charge in [0.1, 0.15) is 18.3 Å². The highest BCUT2D eigenvalue weighted by Gasteiger charge is 2.42. The number of carbonyl (C=O) groups is 1. The third-order valence-corrected chi connectivity index (χ3v) is 5.31. The highest BCUT2D eigenvalue weighted by Crippen LogP contribution is 2.49. The lowest BCUT2D eigenvalue weighted by Crippen LogP contribution is -2.34. The molecule has 0 radical (unpaired) electrons. The van der Waals surface area contributed by atoms with E-state index >= 15 is 0 Å². The molecule has 2 atom stereocenters. The lowest BCUT2D eigenvalue weighted by Gasteiger charge is -2.33. The molecule has 0 N–H and O–H groups in total. The van der Waals surface area contributed by atoms with E-state index < -0.39 is 17.8 Å². The summed E-state index contributed by atoms with van der Waals surface area (Å²) in [5, 5.41) is 18.1. The number of methoxy groups -OCH3 is 1. The van der Waals surface area contributed by atoms with Crippen LogP contribution in [0.1, 0.15) is 48.4 Å². The number of esters is 1. The van der Waals surface area contributed by atoms with Crippen LogP contribution in [-0.4, -0.2) is 37.0 Å². The molecule has 32 heavy (non-hydrogen) atoms. The summed E-state index contributed by atoms with van der Waals surface area (Å²) in [6.07, 6.45) is 1.79. The smallest absolute Gasteiger partial charge is 0.315 e. The average Bonchev–Trinajstić information content (AvgIpc) is 2.80. The molecule has 1 aliphatic rings. The van der Waals surface area contributed by atoms with Crippen LogP contribution in [0.3, 0.4) is 0 Å². The number of hydrogen-bond acceptors (Lipinski definition) is 8. The van der Waals surface area contributed by atoms with Crippen molar-refractivity contribution in [3.8, 4) is 23.8 Å². The van der Waals surface area contributed by atoms with Gasteiger partial charge in [0.15, 0.2) is 0 Å². The lowest BCUT2D eigenvalue weighted by molar-refractivity contribution is -0.146. The summed E-state index contributed by atoms with van der Waals surface area (Å²) in [7, 11) is 1.52. The van der Waals surface area contributed by atoms with E-state index in [0.717, 1.165) is 5.56 Å². The number of nitrogens with zero attached hydrogens (tertiary/aromatic N) is 4. The van der Waals surface area contributed by atoms with Crippen molar-refractivity contribution in [2.75, 3.05) is 20.3 Å². The molecule has 0 aliphatic carbocycles. The Hall–Kier alpha value is -3.91. The van der Waals surface area contributed by atoms with Crippen LogP contribution < -0.4 is 9.47 Å². The Morgan fingerprint density at radius 2 is 2.03 bits per heavy atom. The predicted octanol–water partition coefficient (Wildman–Crippen LogP) is 3.98. The normalized spacial score (nSPS) is 16.8. The minimum Gasteiger partial charge on any atom is -0.496 e. The largest absolute Gasteiger partial charge is 0.496 e. The average molecular weight is 432 g/mol. The SMILES string of the molecule is CCOc1ncc(C)c2c1C(c1ccc(C#N)cc1OC)C(C(=O)OCCC#N)C(C)=N2. The van der Waals surface area contributed by atoms with Crippen LogP contribution in [0.25, 0.3) is 0 Å². The number of nitriles is 2. The van der Waals surface area contributed by atoms with E-state index in [4.69, 9.17) is 24.5 Å². The Morgan fingerprint density at radius 1 is 1.25 bits per heavy atom. The van der Waals surface area contributed by atoms with Crippen LogP contribution in [0.5, 0.6) is 11.6 Å². The Labute approximate surface area is 187 Å². The quantitative estimate of drug-likeness (QED) is 0.480. The van der Waals surface area contributed by atoms with Gasteiger partial charge in [-0.1, -0.05) is 6.07 Å². The first-order valence-corrected chi connectivity index (χ1v) is 10.3. The first-order valence-electron chi connectivity index (χ1n) is 10.3. The summed E-state index contributed by atoms with van der Waals surface area (Å²) in [5.74, 6) is -0.976. The van der Waals surface area contributed by atoms with Crippen LogP contribution in [-0.2, 0) is 9.53 Å². The maximum Gasteiger partial charge on any atom is 0.315 e. The van der Waals surface area contributed by atoms with E-state index in [1.54, 1.807) is 31.3 Å². The summed E-state index contributed by atoms with van der Waals surface area (Å²) in [4.78, 5) is 22.4. The van der Waals surface area contributed by atoms with Gasteiger partial charge in [-0.2, -0.15) is 10.5 Å². The van der Waals surface area contributed by atoms with E-state index in [0.29, 0.717) is 46.3 Å². The van der Waals surface area contributed by atoms with E-state index in [1.807, 2.05) is 19.9 Å².